The van der Waals surface area contributed by atoms with Crippen molar-refractivity contribution in [3.05, 3.63) is 0 Å². The first-order chi connectivity index (χ1) is 8.13. The number of nitrogens with zero attached hydrogens (tertiary/aromatic N) is 2. The van der Waals surface area contributed by atoms with E-state index >= 15 is 0 Å². The number of piperidine rings is 1. The normalized spacial score (nSPS) is 28.6. The second kappa shape index (κ2) is 5.80. The molecule has 2 heterocycles. The molecule has 17 heavy (non-hydrogen) atoms. The predicted octanol–water partition coefficient (Wildman–Crippen LogP) is -0.770. The van der Waals surface area contributed by atoms with Crippen LogP contribution in [0.2, 0.25) is 0 Å². The Morgan fingerprint density at radius 3 is 2.41 bits per heavy atom. The number of rotatable bonds is 4. The molecule has 0 bridgehead atoms. The van der Waals surface area contributed by atoms with Crippen LogP contribution in [0.3, 0.4) is 0 Å². The van der Waals surface area contributed by atoms with Gasteiger partial charge in [0.15, 0.2) is 0 Å². The third kappa shape index (κ3) is 3.94. The molecule has 0 aliphatic carbocycles. The van der Waals surface area contributed by atoms with Crippen LogP contribution in [0.4, 0.5) is 0 Å². The lowest BCUT2D eigenvalue weighted by Crippen LogP contribution is -2.48. The summed E-state index contributed by atoms with van der Waals surface area (Å²) < 4.78 is 0. The molecule has 98 valence electrons. The minimum Gasteiger partial charge on any atom is -0.369 e. The number of hydrogen-bond acceptors (Lipinski definition) is 4. The number of primary amides is 1. The van der Waals surface area contributed by atoms with Crippen molar-refractivity contribution in [2.24, 2.45) is 5.73 Å². The van der Waals surface area contributed by atoms with E-state index in [2.05, 4.69) is 22.2 Å². The highest BCUT2D eigenvalue weighted by atomic mass is 16.1. The largest absolute Gasteiger partial charge is 0.369 e. The number of nitrogens with two attached hydrogens (primary N) is 1. The Kier molecular flexibility index (Phi) is 4.36. The van der Waals surface area contributed by atoms with Crippen LogP contribution in [-0.4, -0.2) is 67.6 Å². The average Bonchev–Trinajstić information content (AvgIpc) is 2.66. The molecular weight excluding hydrogens is 216 g/mol. The lowest BCUT2D eigenvalue weighted by Gasteiger charge is -2.33. The summed E-state index contributed by atoms with van der Waals surface area (Å²) in [7, 11) is 2.18. The maximum atomic E-state index is 10.8. The topological polar surface area (TPSA) is 61.6 Å². The lowest BCUT2D eigenvalue weighted by atomic mass is 10.0. The van der Waals surface area contributed by atoms with Crippen LogP contribution in [0.5, 0.6) is 0 Å². The van der Waals surface area contributed by atoms with Gasteiger partial charge in [-0.3, -0.25) is 9.69 Å². The van der Waals surface area contributed by atoms with Crippen molar-refractivity contribution in [1.29, 1.82) is 0 Å². The Balaban J connectivity index is 1.67. The van der Waals surface area contributed by atoms with E-state index < -0.39 is 0 Å². The van der Waals surface area contributed by atoms with Crippen molar-refractivity contribution in [2.45, 2.75) is 31.3 Å². The van der Waals surface area contributed by atoms with Gasteiger partial charge in [0.05, 0.1) is 6.54 Å². The molecule has 1 unspecified atom stereocenters. The van der Waals surface area contributed by atoms with Crippen LogP contribution in [0.15, 0.2) is 0 Å². The van der Waals surface area contributed by atoms with Crippen molar-refractivity contribution in [1.82, 2.24) is 15.1 Å². The Labute approximate surface area is 103 Å². The summed E-state index contributed by atoms with van der Waals surface area (Å²) in [6.45, 7) is 4.77. The van der Waals surface area contributed by atoms with Crippen LogP contribution in [0.1, 0.15) is 19.3 Å². The first kappa shape index (κ1) is 12.8. The molecule has 0 spiro atoms. The summed E-state index contributed by atoms with van der Waals surface area (Å²) >= 11 is 0. The molecule has 0 radical (unpaired) electrons. The molecular formula is C12H24N4O. The number of likely N-dealkylation sites (N-methyl/N-ethyl adjacent to an activating group) is 1. The monoisotopic (exact) mass is 240 g/mol. The van der Waals surface area contributed by atoms with Crippen LogP contribution in [0, 0.1) is 0 Å². The van der Waals surface area contributed by atoms with Gasteiger partial charge < -0.3 is 16.0 Å². The molecule has 3 N–H and O–H groups in total. The lowest BCUT2D eigenvalue weighted by molar-refractivity contribution is -0.119. The van der Waals surface area contributed by atoms with Gasteiger partial charge in [-0.2, -0.15) is 0 Å². The number of amides is 1. The van der Waals surface area contributed by atoms with Gasteiger partial charge in [-0.05, 0) is 32.9 Å². The highest BCUT2D eigenvalue weighted by Gasteiger charge is 2.25. The summed E-state index contributed by atoms with van der Waals surface area (Å²) in [6.07, 6.45) is 3.53. The number of likely N-dealkylation sites (tertiary alicyclic amines) is 2. The van der Waals surface area contributed by atoms with E-state index in [4.69, 9.17) is 5.73 Å². The van der Waals surface area contributed by atoms with Gasteiger partial charge in [-0.15, -0.1) is 0 Å². The zero-order valence-corrected chi connectivity index (χ0v) is 10.7. The summed E-state index contributed by atoms with van der Waals surface area (Å²) in [5.74, 6) is -0.214. The molecule has 0 aromatic carbocycles. The maximum Gasteiger partial charge on any atom is 0.231 e. The predicted molar refractivity (Wildman–Crippen MR) is 67.7 cm³/mol. The molecule has 2 fully saturated rings. The first-order valence-electron chi connectivity index (χ1n) is 6.59. The fraction of sp³-hybridized carbons (Fsp3) is 0.917. The van der Waals surface area contributed by atoms with Crippen molar-refractivity contribution in [2.75, 3.05) is 39.8 Å². The van der Waals surface area contributed by atoms with E-state index in [0.717, 1.165) is 25.9 Å². The fourth-order valence-electron chi connectivity index (χ4n) is 2.88. The first-order valence-corrected chi connectivity index (χ1v) is 6.59. The second-order valence-electron chi connectivity index (χ2n) is 5.43. The Hall–Kier alpha value is -0.650. The van der Waals surface area contributed by atoms with Gasteiger partial charge >= 0.3 is 0 Å². The molecule has 2 rings (SSSR count). The van der Waals surface area contributed by atoms with Gasteiger partial charge in [0.25, 0.3) is 0 Å². The number of carbonyl (C=O) groups excluding carboxylic acids is 1. The molecule has 1 atom stereocenters. The van der Waals surface area contributed by atoms with Gasteiger partial charge in [-0.1, -0.05) is 0 Å². The van der Waals surface area contributed by atoms with Crippen molar-refractivity contribution >= 4 is 5.91 Å². The smallest absolute Gasteiger partial charge is 0.231 e. The Morgan fingerprint density at radius 1 is 1.24 bits per heavy atom. The molecule has 0 saturated carbocycles. The highest BCUT2D eigenvalue weighted by Crippen LogP contribution is 2.13. The molecule has 2 aliphatic rings. The molecule has 5 nitrogen and oxygen atoms in total. The quantitative estimate of drug-likeness (QED) is 0.677. The van der Waals surface area contributed by atoms with Crippen LogP contribution in [-0.2, 0) is 4.79 Å². The number of hydrogen-bond donors (Lipinski definition) is 2. The van der Waals surface area contributed by atoms with Crippen molar-refractivity contribution in [3.8, 4) is 0 Å². The van der Waals surface area contributed by atoms with Gasteiger partial charge in [0.1, 0.15) is 0 Å². The molecule has 2 saturated heterocycles. The fourth-order valence-corrected chi connectivity index (χ4v) is 2.88. The molecule has 5 heteroatoms. The van der Waals surface area contributed by atoms with E-state index in [1.165, 1.54) is 19.5 Å². The van der Waals surface area contributed by atoms with Crippen LogP contribution < -0.4 is 11.1 Å². The van der Waals surface area contributed by atoms with E-state index in [1.807, 2.05) is 0 Å². The zero-order valence-electron chi connectivity index (χ0n) is 10.7. The van der Waals surface area contributed by atoms with Gasteiger partial charge in [0.2, 0.25) is 5.91 Å². The third-order valence-corrected chi connectivity index (χ3v) is 3.83. The summed E-state index contributed by atoms with van der Waals surface area (Å²) in [6, 6.07) is 1.28. The van der Waals surface area contributed by atoms with E-state index in [9.17, 15) is 4.79 Å². The maximum absolute atomic E-state index is 10.8. The Bertz CT molecular complexity index is 263. The minimum atomic E-state index is -0.214. The number of carbonyl (C=O) groups is 1. The van der Waals surface area contributed by atoms with E-state index in [0.29, 0.717) is 18.6 Å². The minimum absolute atomic E-state index is 0.214. The third-order valence-electron chi connectivity index (χ3n) is 3.83. The summed E-state index contributed by atoms with van der Waals surface area (Å²) in [5, 5.41) is 3.74. The van der Waals surface area contributed by atoms with Crippen molar-refractivity contribution in [3.63, 3.8) is 0 Å². The van der Waals surface area contributed by atoms with E-state index in [-0.39, 0.29) is 5.91 Å². The molecule has 0 aromatic rings. The zero-order chi connectivity index (χ0) is 12.3. The standard InChI is InChI=1S/C12H24N4O/c1-15-5-2-11(8-15)14-10-3-6-16(7-4-10)9-12(13)17/h10-11,14H,2-9H2,1H3,(H2,13,17). The summed E-state index contributed by atoms with van der Waals surface area (Å²) in [4.78, 5) is 15.4. The highest BCUT2D eigenvalue weighted by molar-refractivity contribution is 5.75. The number of nitrogens with one attached hydrogen (secondary N) is 1. The van der Waals surface area contributed by atoms with Gasteiger partial charge in [-0.25, -0.2) is 0 Å². The summed E-state index contributed by atoms with van der Waals surface area (Å²) in [5.41, 5.74) is 5.20. The molecule has 2 aliphatic heterocycles. The molecule has 0 aromatic heterocycles. The molecule has 1 amide bonds. The second-order valence-corrected chi connectivity index (χ2v) is 5.43. The van der Waals surface area contributed by atoms with Crippen LogP contribution >= 0.6 is 0 Å². The van der Waals surface area contributed by atoms with Crippen LogP contribution in [0.25, 0.3) is 0 Å². The Morgan fingerprint density at radius 2 is 1.88 bits per heavy atom. The average molecular weight is 240 g/mol. The van der Waals surface area contributed by atoms with Gasteiger partial charge in [0, 0.05) is 31.7 Å². The van der Waals surface area contributed by atoms with Crippen molar-refractivity contribution < 1.29 is 4.79 Å². The van der Waals surface area contributed by atoms with E-state index in [1.54, 1.807) is 0 Å². The SMILES string of the molecule is CN1CCC(NC2CCN(CC(N)=O)CC2)C1.